The lowest BCUT2D eigenvalue weighted by molar-refractivity contribution is -0.138. The molecular weight excluding hydrogens is 460 g/mol. The van der Waals surface area contributed by atoms with Crippen LogP contribution in [0, 0.1) is 19.7 Å². The number of hydrogen-bond donors (Lipinski definition) is 0. The minimum absolute atomic E-state index is 0.335. The van der Waals surface area contributed by atoms with Gasteiger partial charge < -0.3 is 4.57 Å². The molecule has 0 N–H and O–H groups in total. The number of halogens is 4. The molecule has 0 spiro atoms. The molecule has 4 heterocycles. The minimum atomic E-state index is -4.66. The number of nitrogens with zero attached hydrogens (tertiary/aromatic N) is 6. The van der Waals surface area contributed by atoms with Gasteiger partial charge in [0.15, 0.2) is 5.82 Å². The summed E-state index contributed by atoms with van der Waals surface area (Å²) < 4.78 is 58.9. The highest BCUT2D eigenvalue weighted by molar-refractivity contribution is 5.65. The predicted molar refractivity (Wildman–Crippen MR) is 122 cm³/mol. The Kier molecular flexibility index (Phi) is 5.74. The Bertz CT molecular complexity index is 1420. The molecular formula is C25H22F4N6. The summed E-state index contributed by atoms with van der Waals surface area (Å²) in [7, 11) is 0. The van der Waals surface area contributed by atoms with Gasteiger partial charge in [0.25, 0.3) is 0 Å². The maximum absolute atomic E-state index is 14.6. The molecule has 3 aromatic heterocycles. The Morgan fingerprint density at radius 3 is 2.60 bits per heavy atom. The lowest BCUT2D eigenvalue weighted by Crippen LogP contribution is -2.22. The molecule has 180 valence electrons. The van der Waals surface area contributed by atoms with Gasteiger partial charge in [-0.1, -0.05) is 6.07 Å². The number of rotatable bonds is 4. The van der Waals surface area contributed by atoms with Crippen LogP contribution in [0.4, 0.5) is 17.6 Å². The standard InChI is InChI=1S/C25H22F4N6/c1-15-13-34(14-30-15)21-10-8-17(31-16(21)2)9-11-22-32-24-18(5-4-12-35(24)33-22)23-19(25(27,28)29)6-3-7-20(23)26/h3,6-11,13-14,18H,4-5,12H2,1-2H3/b11-9+/t18-/m0/s1. The maximum Gasteiger partial charge on any atom is 0.416 e. The molecule has 0 bridgehead atoms. The molecule has 0 amide bonds. The first-order valence-electron chi connectivity index (χ1n) is 11.2. The Hall–Kier alpha value is -3.82. The molecule has 4 aromatic rings. The molecule has 35 heavy (non-hydrogen) atoms. The Morgan fingerprint density at radius 1 is 1.06 bits per heavy atom. The quantitative estimate of drug-likeness (QED) is 0.349. The van der Waals surface area contributed by atoms with Gasteiger partial charge in [-0.05, 0) is 63.1 Å². The van der Waals surface area contributed by atoms with Crippen molar-refractivity contribution in [2.45, 2.75) is 45.3 Å². The summed E-state index contributed by atoms with van der Waals surface area (Å²) in [6.07, 6.45) is 3.33. The molecule has 1 atom stereocenters. The van der Waals surface area contributed by atoms with Gasteiger partial charge in [0.1, 0.15) is 11.6 Å². The van der Waals surface area contributed by atoms with Gasteiger partial charge in [0.2, 0.25) is 0 Å². The maximum atomic E-state index is 14.6. The van der Waals surface area contributed by atoms with E-state index in [0.29, 0.717) is 36.7 Å². The van der Waals surface area contributed by atoms with Gasteiger partial charge in [-0.15, -0.1) is 0 Å². The Labute approximate surface area is 199 Å². The summed E-state index contributed by atoms with van der Waals surface area (Å²) in [4.78, 5) is 13.3. The average Bonchev–Trinajstić information content (AvgIpc) is 3.43. The molecule has 5 rings (SSSR count). The summed E-state index contributed by atoms with van der Waals surface area (Å²) in [5, 5.41) is 4.43. The summed E-state index contributed by atoms with van der Waals surface area (Å²) in [5.74, 6) is -1.03. The van der Waals surface area contributed by atoms with Crippen LogP contribution in [-0.2, 0) is 12.7 Å². The second-order valence-electron chi connectivity index (χ2n) is 8.54. The zero-order valence-electron chi connectivity index (χ0n) is 19.1. The van der Waals surface area contributed by atoms with Crippen LogP contribution in [0.2, 0.25) is 0 Å². The van der Waals surface area contributed by atoms with Crippen LogP contribution in [0.25, 0.3) is 17.8 Å². The van der Waals surface area contributed by atoms with E-state index in [1.807, 2.05) is 36.7 Å². The van der Waals surface area contributed by atoms with Crippen molar-refractivity contribution in [3.8, 4) is 5.69 Å². The molecule has 0 radical (unpaired) electrons. The van der Waals surface area contributed by atoms with Crippen LogP contribution in [0.5, 0.6) is 0 Å². The first kappa shape index (κ1) is 22.9. The number of aryl methyl sites for hydroxylation is 3. The summed E-state index contributed by atoms with van der Waals surface area (Å²) >= 11 is 0. The Balaban J connectivity index is 1.44. The summed E-state index contributed by atoms with van der Waals surface area (Å²) in [6.45, 7) is 4.32. The van der Waals surface area contributed by atoms with Gasteiger partial charge in [-0.3, -0.25) is 4.98 Å². The Morgan fingerprint density at radius 2 is 1.89 bits per heavy atom. The number of fused-ring (bicyclic) bond motifs is 1. The van der Waals surface area contributed by atoms with E-state index in [0.717, 1.165) is 35.3 Å². The largest absolute Gasteiger partial charge is 0.416 e. The second kappa shape index (κ2) is 8.75. The van der Waals surface area contributed by atoms with Crippen LogP contribution in [-0.4, -0.2) is 29.3 Å². The van der Waals surface area contributed by atoms with Gasteiger partial charge in [-0.25, -0.2) is 19.0 Å². The molecule has 6 nitrogen and oxygen atoms in total. The number of imidazole rings is 1. The number of aromatic nitrogens is 6. The fourth-order valence-electron chi connectivity index (χ4n) is 4.50. The SMILES string of the molecule is Cc1cn(-c2ccc(/C=C/c3nc4n(n3)CCC[C@H]4c3c(F)cccc3C(F)(F)F)nc2C)cn1. The van der Waals surface area contributed by atoms with Crippen molar-refractivity contribution in [2.75, 3.05) is 0 Å². The van der Waals surface area contributed by atoms with Crippen molar-refractivity contribution in [1.29, 1.82) is 0 Å². The van der Waals surface area contributed by atoms with Crippen molar-refractivity contribution in [1.82, 2.24) is 29.3 Å². The molecule has 0 saturated carbocycles. The van der Waals surface area contributed by atoms with Crippen molar-refractivity contribution in [3.63, 3.8) is 0 Å². The molecule has 0 fully saturated rings. The molecule has 1 aliphatic heterocycles. The van der Waals surface area contributed by atoms with E-state index < -0.39 is 23.5 Å². The molecule has 0 saturated heterocycles. The van der Waals surface area contributed by atoms with Gasteiger partial charge >= 0.3 is 6.18 Å². The van der Waals surface area contributed by atoms with Crippen LogP contribution in [0.1, 0.15) is 58.6 Å². The summed E-state index contributed by atoms with van der Waals surface area (Å²) in [6, 6.07) is 6.84. The van der Waals surface area contributed by atoms with Gasteiger partial charge in [-0.2, -0.15) is 18.3 Å². The van der Waals surface area contributed by atoms with Crippen LogP contribution in [0.3, 0.4) is 0 Å². The minimum Gasteiger partial charge on any atom is -0.304 e. The van der Waals surface area contributed by atoms with Crippen molar-refractivity contribution < 1.29 is 17.6 Å². The van der Waals surface area contributed by atoms with E-state index in [1.54, 1.807) is 23.2 Å². The van der Waals surface area contributed by atoms with Gasteiger partial charge in [0, 0.05) is 24.2 Å². The lowest BCUT2D eigenvalue weighted by Gasteiger charge is -2.25. The van der Waals surface area contributed by atoms with E-state index in [4.69, 9.17) is 0 Å². The van der Waals surface area contributed by atoms with E-state index in [1.165, 1.54) is 0 Å². The summed E-state index contributed by atoms with van der Waals surface area (Å²) in [5.41, 5.74) is 1.96. The molecule has 0 aliphatic carbocycles. The van der Waals surface area contributed by atoms with E-state index in [9.17, 15) is 17.6 Å². The highest BCUT2D eigenvalue weighted by Gasteiger charge is 2.39. The lowest BCUT2D eigenvalue weighted by atomic mass is 9.87. The van der Waals surface area contributed by atoms with Crippen molar-refractivity contribution in [2.24, 2.45) is 0 Å². The van der Waals surface area contributed by atoms with Gasteiger partial charge in [0.05, 0.1) is 34.7 Å². The third kappa shape index (κ3) is 4.48. The second-order valence-corrected chi connectivity index (χ2v) is 8.54. The highest BCUT2D eigenvalue weighted by Crippen LogP contribution is 2.41. The molecule has 1 aromatic carbocycles. The first-order chi connectivity index (χ1) is 16.7. The molecule has 1 aliphatic rings. The fraction of sp³-hybridized carbons (Fsp3) is 0.280. The van der Waals surface area contributed by atoms with E-state index >= 15 is 0 Å². The zero-order valence-corrected chi connectivity index (χ0v) is 19.1. The van der Waals surface area contributed by atoms with Crippen molar-refractivity contribution in [3.05, 3.63) is 88.5 Å². The smallest absolute Gasteiger partial charge is 0.304 e. The first-order valence-corrected chi connectivity index (χ1v) is 11.2. The highest BCUT2D eigenvalue weighted by atomic mass is 19.4. The van der Waals surface area contributed by atoms with E-state index in [-0.39, 0.29) is 5.56 Å². The normalized spacial score (nSPS) is 16.1. The molecule has 10 heteroatoms. The predicted octanol–water partition coefficient (Wildman–Crippen LogP) is 5.73. The van der Waals surface area contributed by atoms with Crippen LogP contribution in [0.15, 0.2) is 42.9 Å². The van der Waals surface area contributed by atoms with Crippen molar-refractivity contribution >= 4 is 12.2 Å². The van der Waals surface area contributed by atoms with E-state index in [2.05, 4.69) is 20.1 Å². The monoisotopic (exact) mass is 482 g/mol. The third-order valence-corrected chi connectivity index (χ3v) is 6.07. The zero-order chi connectivity index (χ0) is 24.7. The third-order valence-electron chi connectivity index (χ3n) is 6.07. The molecule has 0 unspecified atom stereocenters. The fourth-order valence-corrected chi connectivity index (χ4v) is 4.50. The van der Waals surface area contributed by atoms with Crippen LogP contribution >= 0.6 is 0 Å². The number of pyridine rings is 1. The number of alkyl halides is 3. The average molecular weight is 482 g/mol. The van der Waals surface area contributed by atoms with Crippen LogP contribution < -0.4 is 0 Å². The topological polar surface area (TPSA) is 61.4 Å². The number of hydrogen-bond acceptors (Lipinski definition) is 4. The number of benzene rings is 1.